The second kappa shape index (κ2) is 6.81. The van der Waals surface area contributed by atoms with E-state index in [1.165, 1.54) is 18.4 Å². The van der Waals surface area contributed by atoms with Gasteiger partial charge in [0.15, 0.2) is 0 Å². The lowest BCUT2D eigenvalue weighted by atomic mass is 9.83. The molecule has 1 saturated heterocycles. The van der Waals surface area contributed by atoms with E-state index in [1.54, 1.807) is 0 Å². The lowest BCUT2D eigenvalue weighted by Crippen LogP contribution is -2.54. The van der Waals surface area contributed by atoms with Gasteiger partial charge in [0, 0.05) is 31.6 Å². The van der Waals surface area contributed by atoms with Crippen LogP contribution in [-0.4, -0.2) is 40.2 Å². The topological polar surface area (TPSA) is 40.6 Å². The minimum absolute atomic E-state index is 0.126. The molecular formula is C21H28N2O2. The van der Waals surface area contributed by atoms with E-state index in [1.807, 2.05) is 4.90 Å². The summed E-state index contributed by atoms with van der Waals surface area (Å²) in [6, 6.07) is 9.19. The zero-order chi connectivity index (χ0) is 17.4. The third-order valence-corrected chi connectivity index (χ3v) is 6.25. The molecular weight excluding hydrogens is 312 g/mol. The molecule has 0 N–H and O–H groups in total. The van der Waals surface area contributed by atoms with Crippen molar-refractivity contribution in [3.63, 3.8) is 0 Å². The minimum atomic E-state index is -0.140. The zero-order valence-electron chi connectivity index (χ0n) is 15.1. The molecule has 2 aliphatic carbocycles. The monoisotopic (exact) mass is 340 g/mol. The van der Waals surface area contributed by atoms with Gasteiger partial charge in [-0.3, -0.25) is 9.59 Å². The number of aryl methyl sites for hydroxylation is 1. The normalized spacial score (nSPS) is 24.1. The van der Waals surface area contributed by atoms with Crippen LogP contribution in [0.3, 0.4) is 0 Å². The molecule has 3 fully saturated rings. The van der Waals surface area contributed by atoms with Crippen molar-refractivity contribution in [3.05, 3.63) is 35.4 Å². The Morgan fingerprint density at radius 2 is 1.68 bits per heavy atom. The van der Waals surface area contributed by atoms with Gasteiger partial charge in [-0.2, -0.15) is 0 Å². The van der Waals surface area contributed by atoms with Crippen molar-refractivity contribution in [1.29, 1.82) is 0 Å². The molecule has 1 heterocycles. The van der Waals surface area contributed by atoms with E-state index in [-0.39, 0.29) is 17.7 Å². The third-order valence-electron chi connectivity index (χ3n) is 6.25. The molecule has 1 aromatic rings. The summed E-state index contributed by atoms with van der Waals surface area (Å²) in [5, 5.41) is 0. The van der Waals surface area contributed by atoms with Gasteiger partial charge in [0.1, 0.15) is 0 Å². The molecule has 0 aromatic heterocycles. The van der Waals surface area contributed by atoms with E-state index in [0.29, 0.717) is 31.6 Å². The van der Waals surface area contributed by atoms with Crippen LogP contribution in [0.15, 0.2) is 24.3 Å². The van der Waals surface area contributed by atoms with Crippen molar-refractivity contribution in [1.82, 2.24) is 9.80 Å². The van der Waals surface area contributed by atoms with Crippen molar-refractivity contribution < 1.29 is 9.59 Å². The first kappa shape index (κ1) is 16.6. The largest absolute Gasteiger partial charge is 0.338 e. The van der Waals surface area contributed by atoms with Gasteiger partial charge in [-0.25, -0.2) is 0 Å². The van der Waals surface area contributed by atoms with Gasteiger partial charge in [-0.1, -0.05) is 29.8 Å². The molecule has 3 aliphatic rings. The van der Waals surface area contributed by atoms with Gasteiger partial charge in [0.25, 0.3) is 0 Å². The second-order valence-corrected chi connectivity index (χ2v) is 8.08. The van der Waals surface area contributed by atoms with Crippen LogP contribution in [-0.2, 0) is 16.1 Å². The molecule has 1 aliphatic heterocycles. The van der Waals surface area contributed by atoms with E-state index < -0.39 is 0 Å². The van der Waals surface area contributed by atoms with E-state index in [0.717, 1.165) is 31.2 Å². The summed E-state index contributed by atoms with van der Waals surface area (Å²) in [6.07, 6.45) is 7.47. The standard InChI is InChI=1S/C21H28N2O2/c1-15-8-10-16(11-9-15)13-22-14-17(12-20(22)24)21(25)23(18-4-2-5-18)19-6-3-7-19/h8-11,17-19H,2-7,12-14H2,1H3. The number of likely N-dealkylation sites (tertiary alicyclic amines) is 1. The zero-order valence-corrected chi connectivity index (χ0v) is 15.1. The van der Waals surface area contributed by atoms with Gasteiger partial charge >= 0.3 is 0 Å². The maximum absolute atomic E-state index is 13.1. The Kier molecular flexibility index (Phi) is 4.53. The maximum Gasteiger partial charge on any atom is 0.228 e. The Labute approximate surface area is 150 Å². The fourth-order valence-electron chi connectivity index (χ4n) is 4.20. The molecule has 4 nitrogen and oxygen atoms in total. The van der Waals surface area contributed by atoms with Crippen LogP contribution in [0, 0.1) is 12.8 Å². The van der Waals surface area contributed by atoms with E-state index >= 15 is 0 Å². The van der Waals surface area contributed by atoms with Gasteiger partial charge in [0.2, 0.25) is 11.8 Å². The van der Waals surface area contributed by atoms with Crippen LogP contribution in [0.4, 0.5) is 0 Å². The fourth-order valence-corrected chi connectivity index (χ4v) is 4.20. The molecule has 0 radical (unpaired) electrons. The molecule has 4 heteroatoms. The van der Waals surface area contributed by atoms with E-state index in [4.69, 9.17) is 0 Å². The lowest BCUT2D eigenvalue weighted by Gasteiger charge is -2.47. The van der Waals surface area contributed by atoms with Crippen LogP contribution in [0.25, 0.3) is 0 Å². The summed E-state index contributed by atoms with van der Waals surface area (Å²) < 4.78 is 0. The predicted octanol–water partition coefficient (Wildman–Crippen LogP) is 3.28. The van der Waals surface area contributed by atoms with Gasteiger partial charge in [-0.05, 0) is 51.0 Å². The number of carbonyl (C=O) groups is 2. The highest BCUT2D eigenvalue weighted by Crippen LogP contribution is 2.36. The third kappa shape index (κ3) is 3.31. The average molecular weight is 340 g/mol. The number of amides is 2. The van der Waals surface area contributed by atoms with Gasteiger partial charge in [0.05, 0.1) is 5.92 Å². The fraction of sp³-hybridized carbons (Fsp3) is 0.619. The molecule has 1 atom stereocenters. The van der Waals surface area contributed by atoms with Gasteiger partial charge in [-0.15, -0.1) is 0 Å². The molecule has 2 saturated carbocycles. The van der Waals surface area contributed by atoms with Crippen molar-refractivity contribution in [3.8, 4) is 0 Å². The van der Waals surface area contributed by atoms with Crippen molar-refractivity contribution >= 4 is 11.8 Å². The van der Waals surface area contributed by atoms with Crippen molar-refractivity contribution in [2.75, 3.05) is 6.54 Å². The number of carbonyl (C=O) groups excluding carboxylic acids is 2. The number of benzene rings is 1. The summed E-state index contributed by atoms with van der Waals surface area (Å²) in [6.45, 7) is 3.27. The Bertz CT molecular complexity index is 632. The molecule has 0 spiro atoms. The van der Waals surface area contributed by atoms with Crippen LogP contribution in [0.5, 0.6) is 0 Å². The average Bonchev–Trinajstić information content (AvgIpc) is 2.86. The second-order valence-electron chi connectivity index (χ2n) is 8.08. The minimum Gasteiger partial charge on any atom is -0.338 e. The van der Waals surface area contributed by atoms with E-state index in [2.05, 4.69) is 36.1 Å². The molecule has 134 valence electrons. The number of nitrogens with zero attached hydrogens (tertiary/aromatic N) is 2. The summed E-state index contributed by atoms with van der Waals surface area (Å²) in [5.41, 5.74) is 2.36. The Morgan fingerprint density at radius 3 is 2.20 bits per heavy atom. The first-order valence-electron chi connectivity index (χ1n) is 9.77. The molecule has 2 amide bonds. The lowest BCUT2D eigenvalue weighted by molar-refractivity contribution is -0.145. The van der Waals surface area contributed by atoms with Crippen LogP contribution in [0.2, 0.25) is 0 Å². The first-order valence-corrected chi connectivity index (χ1v) is 9.77. The summed E-state index contributed by atoms with van der Waals surface area (Å²) in [4.78, 5) is 29.6. The highest BCUT2D eigenvalue weighted by atomic mass is 16.2. The summed E-state index contributed by atoms with van der Waals surface area (Å²) in [7, 11) is 0. The van der Waals surface area contributed by atoms with E-state index in [9.17, 15) is 9.59 Å². The SMILES string of the molecule is Cc1ccc(CN2CC(C(=O)N(C3CCC3)C3CCC3)CC2=O)cc1. The van der Waals surface area contributed by atoms with Crippen molar-refractivity contribution in [2.24, 2.45) is 5.92 Å². The van der Waals surface area contributed by atoms with Crippen molar-refractivity contribution in [2.45, 2.75) is 70.5 Å². The summed E-state index contributed by atoms with van der Waals surface area (Å²) >= 11 is 0. The van der Waals surface area contributed by atoms with Gasteiger partial charge < -0.3 is 9.80 Å². The Morgan fingerprint density at radius 1 is 1.08 bits per heavy atom. The molecule has 25 heavy (non-hydrogen) atoms. The Hall–Kier alpha value is -1.84. The molecule has 1 unspecified atom stereocenters. The highest BCUT2D eigenvalue weighted by Gasteiger charge is 2.43. The van der Waals surface area contributed by atoms with Crippen LogP contribution < -0.4 is 0 Å². The van der Waals surface area contributed by atoms with Crippen LogP contribution in [0.1, 0.15) is 56.1 Å². The molecule has 4 rings (SSSR count). The first-order chi connectivity index (χ1) is 12.1. The number of hydrogen-bond acceptors (Lipinski definition) is 2. The quantitative estimate of drug-likeness (QED) is 0.825. The molecule has 1 aromatic carbocycles. The Balaban J connectivity index is 1.41. The van der Waals surface area contributed by atoms with Crippen LogP contribution >= 0.6 is 0 Å². The predicted molar refractivity (Wildman–Crippen MR) is 96.8 cm³/mol. The maximum atomic E-state index is 13.1. The molecule has 0 bridgehead atoms. The number of hydrogen-bond donors (Lipinski definition) is 0. The number of rotatable bonds is 5. The summed E-state index contributed by atoms with van der Waals surface area (Å²) in [5.74, 6) is 0.231. The highest BCUT2D eigenvalue weighted by molar-refractivity contribution is 5.89. The smallest absolute Gasteiger partial charge is 0.228 e.